The molecule has 1 aliphatic carbocycles. The Morgan fingerprint density at radius 2 is 1.93 bits per heavy atom. The van der Waals surface area contributed by atoms with Gasteiger partial charge in [-0.2, -0.15) is 5.26 Å². The van der Waals surface area contributed by atoms with Gasteiger partial charge in [-0.15, -0.1) is 0 Å². The molecule has 4 rings (SSSR count). The van der Waals surface area contributed by atoms with Crippen LogP contribution >= 0.6 is 0 Å². The van der Waals surface area contributed by atoms with Gasteiger partial charge in [0.05, 0.1) is 23.5 Å². The van der Waals surface area contributed by atoms with E-state index in [2.05, 4.69) is 21.4 Å². The lowest BCUT2D eigenvalue weighted by Crippen LogP contribution is -2.37. The zero-order chi connectivity index (χ0) is 18.8. The van der Waals surface area contributed by atoms with E-state index in [0.717, 1.165) is 31.2 Å². The van der Waals surface area contributed by atoms with Crippen molar-refractivity contribution >= 4 is 16.8 Å². The number of hydrogen-bond donors (Lipinski definition) is 2. The second-order valence-corrected chi connectivity index (χ2v) is 6.95. The van der Waals surface area contributed by atoms with Crippen molar-refractivity contribution in [3.8, 4) is 17.3 Å². The lowest BCUT2D eigenvalue weighted by atomic mass is 9.87. The predicted molar refractivity (Wildman–Crippen MR) is 100 cm³/mol. The summed E-state index contributed by atoms with van der Waals surface area (Å²) in [5.41, 5.74) is 2.50. The number of fused-ring (bicyclic) bond motifs is 1. The van der Waals surface area contributed by atoms with Gasteiger partial charge in [-0.05, 0) is 43.9 Å². The van der Waals surface area contributed by atoms with E-state index in [0.29, 0.717) is 22.2 Å². The van der Waals surface area contributed by atoms with E-state index in [-0.39, 0.29) is 23.7 Å². The maximum atomic E-state index is 13.8. The molecule has 136 valence electrons. The Morgan fingerprint density at radius 3 is 2.63 bits per heavy atom. The van der Waals surface area contributed by atoms with Gasteiger partial charge in [-0.3, -0.25) is 9.78 Å². The number of nitrogens with one attached hydrogen (secondary N) is 2. The van der Waals surface area contributed by atoms with Crippen molar-refractivity contribution < 1.29 is 9.18 Å². The minimum absolute atomic E-state index is 0.110. The smallest absolute Gasteiger partial charge is 0.251 e. The summed E-state index contributed by atoms with van der Waals surface area (Å²) in [5, 5.41) is 12.7. The Hall–Kier alpha value is -3.20. The molecule has 5 nitrogen and oxygen atoms in total. The van der Waals surface area contributed by atoms with Crippen molar-refractivity contribution in [2.45, 2.75) is 31.7 Å². The minimum atomic E-state index is -0.388. The molecule has 6 heteroatoms. The highest BCUT2D eigenvalue weighted by Gasteiger charge is 2.22. The van der Waals surface area contributed by atoms with Gasteiger partial charge >= 0.3 is 0 Å². The summed E-state index contributed by atoms with van der Waals surface area (Å²) in [6, 6.07) is 11.4. The molecule has 3 aromatic rings. The van der Waals surface area contributed by atoms with E-state index in [1.165, 1.54) is 6.20 Å². The number of H-pyrrole nitrogens is 1. The Morgan fingerprint density at radius 1 is 1.19 bits per heavy atom. The number of rotatable bonds is 3. The van der Waals surface area contributed by atoms with E-state index in [1.54, 1.807) is 24.4 Å². The second-order valence-electron chi connectivity index (χ2n) is 6.95. The van der Waals surface area contributed by atoms with Crippen LogP contribution in [0.3, 0.4) is 0 Å². The molecule has 0 atom stereocenters. The molecule has 0 bridgehead atoms. The van der Waals surface area contributed by atoms with Crippen molar-refractivity contribution in [1.82, 2.24) is 15.3 Å². The fourth-order valence-electron chi connectivity index (χ4n) is 3.66. The fourth-order valence-corrected chi connectivity index (χ4v) is 3.66. The number of benzene rings is 1. The molecule has 1 aliphatic rings. The topological polar surface area (TPSA) is 81.6 Å². The van der Waals surface area contributed by atoms with Crippen LogP contribution in [0.5, 0.6) is 0 Å². The predicted octanol–water partition coefficient (Wildman–Crippen LogP) is 4.18. The largest absolute Gasteiger partial charge is 0.359 e. The summed E-state index contributed by atoms with van der Waals surface area (Å²) >= 11 is 0. The first-order valence-corrected chi connectivity index (χ1v) is 9.08. The molecule has 27 heavy (non-hydrogen) atoms. The van der Waals surface area contributed by atoms with Crippen molar-refractivity contribution in [3.05, 3.63) is 54.1 Å². The average molecular weight is 362 g/mol. The number of aromatic amines is 1. The quantitative estimate of drug-likeness (QED) is 0.733. The van der Waals surface area contributed by atoms with Crippen LogP contribution in [0.2, 0.25) is 0 Å². The molecule has 0 spiro atoms. The van der Waals surface area contributed by atoms with Crippen LogP contribution in [0.15, 0.2) is 42.7 Å². The molecule has 1 amide bonds. The van der Waals surface area contributed by atoms with Crippen LogP contribution in [0.25, 0.3) is 22.2 Å². The number of hydrogen-bond acceptors (Lipinski definition) is 3. The lowest BCUT2D eigenvalue weighted by molar-refractivity contribution is 0.0925. The highest BCUT2D eigenvalue weighted by molar-refractivity contribution is 5.96. The van der Waals surface area contributed by atoms with E-state index in [4.69, 9.17) is 5.26 Å². The number of carbonyl (C=O) groups excluding carboxylic acids is 1. The fraction of sp³-hybridized carbons (Fsp3) is 0.286. The number of amides is 1. The normalized spacial score (nSPS) is 19.6. The van der Waals surface area contributed by atoms with Gasteiger partial charge in [-0.1, -0.05) is 12.1 Å². The first-order chi connectivity index (χ1) is 13.2. The minimum Gasteiger partial charge on any atom is -0.359 e. The summed E-state index contributed by atoms with van der Waals surface area (Å²) in [6.07, 6.45) is 6.24. The van der Waals surface area contributed by atoms with Crippen LogP contribution in [0.4, 0.5) is 4.39 Å². The van der Waals surface area contributed by atoms with Crippen molar-refractivity contribution in [2.75, 3.05) is 0 Å². The van der Waals surface area contributed by atoms with E-state index < -0.39 is 0 Å². The van der Waals surface area contributed by atoms with Crippen LogP contribution in [0.1, 0.15) is 36.0 Å². The first kappa shape index (κ1) is 17.2. The highest BCUT2D eigenvalue weighted by atomic mass is 19.1. The van der Waals surface area contributed by atoms with Gasteiger partial charge in [0.25, 0.3) is 5.91 Å². The van der Waals surface area contributed by atoms with Crippen molar-refractivity contribution in [1.29, 1.82) is 5.26 Å². The van der Waals surface area contributed by atoms with Crippen LogP contribution in [-0.4, -0.2) is 21.9 Å². The highest BCUT2D eigenvalue weighted by Crippen LogP contribution is 2.28. The molecule has 1 saturated carbocycles. The molecule has 2 aromatic heterocycles. The zero-order valence-electron chi connectivity index (χ0n) is 14.7. The summed E-state index contributed by atoms with van der Waals surface area (Å²) < 4.78 is 13.8. The van der Waals surface area contributed by atoms with Crippen LogP contribution in [0, 0.1) is 23.1 Å². The second kappa shape index (κ2) is 7.20. The summed E-state index contributed by atoms with van der Waals surface area (Å²) in [5.74, 6) is -0.382. The number of nitriles is 1. The summed E-state index contributed by atoms with van der Waals surface area (Å²) in [6.45, 7) is 0. The van der Waals surface area contributed by atoms with Gasteiger partial charge in [0, 0.05) is 34.7 Å². The van der Waals surface area contributed by atoms with E-state index in [1.807, 2.05) is 12.1 Å². The van der Waals surface area contributed by atoms with Crippen LogP contribution in [-0.2, 0) is 0 Å². The van der Waals surface area contributed by atoms with E-state index >= 15 is 0 Å². The SMILES string of the molecule is N#CC1CCC(NC(=O)c2ccc(-c3ncc(F)c4[nH]ccc34)cc2)CC1. The summed E-state index contributed by atoms with van der Waals surface area (Å²) in [4.78, 5) is 19.6. The molecule has 0 saturated heterocycles. The number of pyridine rings is 1. The molecule has 2 heterocycles. The van der Waals surface area contributed by atoms with Gasteiger partial charge in [0.15, 0.2) is 5.82 Å². The summed E-state index contributed by atoms with van der Waals surface area (Å²) in [7, 11) is 0. The first-order valence-electron chi connectivity index (χ1n) is 9.08. The maximum absolute atomic E-state index is 13.8. The third kappa shape index (κ3) is 3.41. The van der Waals surface area contributed by atoms with Crippen molar-refractivity contribution in [3.63, 3.8) is 0 Å². The number of aromatic nitrogens is 2. The third-order valence-electron chi connectivity index (χ3n) is 5.21. The number of nitrogens with zero attached hydrogens (tertiary/aromatic N) is 2. The number of carbonyl (C=O) groups is 1. The standard InChI is InChI=1S/C21H19FN4O/c22-18-12-25-19(17-9-10-24-20(17)18)14-3-5-15(6-4-14)21(27)26-16-7-1-13(11-23)2-8-16/h3-6,9-10,12-13,16,24H,1-2,7-8H2,(H,26,27). The molecule has 2 N–H and O–H groups in total. The van der Waals surface area contributed by atoms with Gasteiger partial charge in [0.1, 0.15) is 0 Å². The van der Waals surface area contributed by atoms with Gasteiger partial charge in [-0.25, -0.2) is 4.39 Å². The molecule has 0 unspecified atom stereocenters. The maximum Gasteiger partial charge on any atom is 0.251 e. The molecular weight excluding hydrogens is 343 g/mol. The van der Waals surface area contributed by atoms with Gasteiger partial charge in [0.2, 0.25) is 0 Å². The molecule has 0 radical (unpaired) electrons. The van der Waals surface area contributed by atoms with E-state index in [9.17, 15) is 9.18 Å². The average Bonchev–Trinajstić information content (AvgIpc) is 3.20. The third-order valence-corrected chi connectivity index (χ3v) is 5.21. The zero-order valence-corrected chi connectivity index (χ0v) is 14.7. The lowest BCUT2D eigenvalue weighted by Gasteiger charge is -2.25. The van der Waals surface area contributed by atoms with Crippen molar-refractivity contribution in [2.24, 2.45) is 5.92 Å². The van der Waals surface area contributed by atoms with Crippen LogP contribution < -0.4 is 5.32 Å². The Bertz CT molecular complexity index is 1010. The molecule has 1 aromatic carbocycles. The number of halogens is 1. The Labute approximate surface area is 156 Å². The Kier molecular flexibility index (Phi) is 4.59. The molecular formula is C21H19FN4O. The molecule has 1 fully saturated rings. The Balaban J connectivity index is 1.49. The van der Waals surface area contributed by atoms with Gasteiger partial charge < -0.3 is 10.3 Å². The molecule has 0 aliphatic heterocycles. The monoisotopic (exact) mass is 362 g/mol.